The summed E-state index contributed by atoms with van der Waals surface area (Å²) < 4.78 is 10.3. The van der Waals surface area contributed by atoms with Gasteiger partial charge < -0.3 is 19.7 Å². The van der Waals surface area contributed by atoms with Gasteiger partial charge >= 0.3 is 0 Å². The van der Waals surface area contributed by atoms with E-state index in [1.165, 1.54) is 25.7 Å². The van der Waals surface area contributed by atoms with Gasteiger partial charge in [-0.1, -0.05) is 40.5 Å². The third kappa shape index (κ3) is 20.2. The van der Waals surface area contributed by atoms with Gasteiger partial charge in [0.1, 0.15) is 0 Å². The molecule has 2 atom stereocenters. The molecule has 4 heteroatoms. The fourth-order valence-corrected chi connectivity index (χ4v) is 1.85. The maximum absolute atomic E-state index is 8.09. The molecule has 0 radical (unpaired) electrons. The molecule has 0 aromatic carbocycles. The molecule has 0 aliphatic carbocycles. The van der Waals surface area contributed by atoms with Gasteiger partial charge in [-0.2, -0.15) is 0 Å². The van der Waals surface area contributed by atoms with Crippen molar-refractivity contribution in [1.82, 2.24) is 0 Å². The highest BCUT2D eigenvalue weighted by atomic mass is 16.5. The molecule has 0 amide bonds. The van der Waals surface area contributed by atoms with E-state index in [-0.39, 0.29) is 13.2 Å². The molecule has 0 aromatic heterocycles. The van der Waals surface area contributed by atoms with Crippen LogP contribution in [-0.2, 0) is 9.47 Å². The standard InChI is InChI=1S/C12H26O.C4H10O3/c1-5-7-11(3)9-13-10-12(4)8-6-2;5-1-3-7-4-2-6/h11-12H,5-10H2,1-4H3;5-6H,1-4H2. The van der Waals surface area contributed by atoms with Crippen LogP contribution >= 0.6 is 0 Å². The Hall–Kier alpha value is -0.160. The molecule has 124 valence electrons. The maximum atomic E-state index is 8.09. The van der Waals surface area contributed by atoms with E-state index in [1.807, 2.05) is 0 Å². The summed E-state index contributed by atoms with van der Waals surface area (Å²) in [7, 11) is 0. The monoisotopic (exact) mass is 292 g/mol. The third-order valence-electron chi connectivity index (χ3n) is 2.84. The summed E-state index contributed by atoms with van der Waals surface area (Å²) in [5, 5.41) is 16.2. The summed E-state index contributed by atoms with van der Waals surface area (Å²) >= 11 is 0. The van der Waals surface area contributed by atoms with Crippen LogP contribution < -0.4 is 0 Å². The highest BCUT2D eigenvalue weighted by molar-refractivity contribution is 4.52. The Morgan fingerprint density at radius 1 is 0.750 bits per heavy atom. The Balaban J connectivity index is 0. The molecule has 20 heavy (non-hydrogen) atoms. The molecule has 0 aliphatic heterocycles. The molecule has 0 aliphatic rings. The normalized spacial score (nSPS) is 13.5. The van der Waals surface area contributed by atoms with Crippen LogP contribution in [0.5, 0.6) is 0 Å². The van der Waals surface area contributed by atoms with Gasteiger partial charge in [-0.25, -0.2) is 0 Å². The SMILES string of the molecule is CCCC(C)COCC(C)CCC.OCCOCCO. The van der Waals surface area contributed by atoms with Crippen LogP contribution in [-0.4, -0.2) is 49.9 Å². The number of aliphatic hydroxyl groups is 2. The van der Waals surface area contributed by atoms with Crippen LogP contribution in [0.4, 0.5) is 0 Å². The molecule has 0 fully saturated rings. The Kier molecular flexibility index (Phi) is 20.8. The van der Waals surface area contributed by atoms with E-state index in [0.29, 0.717) is 13.2 Å². The van der Waals surface area contributed by atoms with E-state index < -0.39 is 0 Å². The van der Waals surface area contributed by atoms with Crippen molar-refractivity contribution in [2.24, 2.45) is 11.8 Å². The van der Waals surface area contributed by atoms with Crippen LogP contribution in [0.15, 0.2) is 0 Å². The smallest absolute Gasteiger partial charge is 0.0698 e. The molecule has 0 heterocycles. The predicted octanol–water partition coefficient (Wildman–Crippen LogP) is 2.86. The lowest BCUT2D eigenvalue weighted by atomic mass is 10.1. The Morgan fingerprint density at radius 2 is 1.15 bits per heavy atom. The first kappa shape index (κ1) is 22.1. The van der Waals surface area contributed by atoms with Gasteiger partial charge in [-0.15, -0.1) is 0 Å². The summed E-state index contributed by atoms with van der Waals surface area (Å²) in [6.45, 7) is 11.6. The van der Waals surface area contributed by atoms with Crippen LogP contribution in [0.3, 0.4) is 0 Å². The second-order valence-electron chi connectivity index (χ2n) is 5.38. The zero-order chi connectivity index (χ0) is 15.6. The van der Waals surface area contributed by atoms with E-state index >= 15 is 0 Å². The quantitative estimate of drug-likeness (QED) is 0.543. The number of hydrogen-bond donors (Lipinski definition) is 2. The summed E-state index contributed by atoms with van der Waals surface area (Å²) in [5.41, 5.74) is 0. The van der Waals surface area contributed by atoms with Crippen molar-refractivity contribution in [1.29, 1.82) is 0 Å². The molecule has 0 saturated heterocycles. The van der Waals surface area contributed by atoms with Gasteiger partial charge in [0.15, 0.2) is 0 Å². The minimum absolute atomic E-state index is 0.0278. The maximum Gasteiger partial charge on any atom is 0.0698 e. The lowest BCUT2D eigenvalue weighted by Crippen LogP contribution is -2.11. The minimum atomic E-state index is 0.0278. The van der Waals surface area contributed by atoms with E-state index in [4.69, 9.17) is 14.9 Å². The van der Waals surface area contributed by atoms with E-state index in [9.17, 15) is 0 Å². The molecular weight excluding hydrogens is 256 g/mol. The van der Waals surface area contributed by atoms with E-state index in [2.05, 4.69) is 32.4 Å². The number of rotatable bonds is 12. The van der Waals surface area contributed by atoms with Crippen molar-refractivity contribution >= 4 is 0 Å². The van der Waals surface area contributed by atoms with Gasteiger partial charge in [-0.05, 0) is 24.7 Å². The van der Waals surface area contributed by atoms with Crippen LogP contribution in [0.2, 0.25) is 0 Å². The first-order valence-corrected chi connectivity index (χ1v) is 7.99. The highest BCUT2D eigenvalue weighted by Gasteiger charge is 2.03. The van der Waals surface area contributed by atoms with Gasteiger partial charge in [0.2, 0.25) is 0 Å². The number of ether oxygens (including phenoxy) is 2. The van der Waals surface area contributed by atoms with Crippen molar-refractivity contribution in [2.45, 2.75) is 53.4 Å². The van der Waals surface area contributed by atoms with Gasteiger partial charge in [0.25, 0.3) is 0 Å². The first-order chi connectivity index (χ1) is 9.62. The van der Waals surface area contributed by atoms with Gasteiger partial charge in [0, 0.05) is 13.2 Å². The van der Waals surface area contributed by atoms with Crippen molar-refractivity contribution < 1.29 is 19.7 Å². The molecule has 0 rings (SSSR count). The van der Waals surface area contributed by atoms with Crippen molar-refractivity contribution in [2.75, 3.05) is 39.6 Å². The van der Waals surface area contributed by atoms with Gasteiger partial charge in [0.05, 0.1) is 26.4 Å². The minimum Gasteiger partial charge on any atom is -0.394 e. The van der Waals surface area contributed by atoms with Crippen LogP contribution in [0.1, 0.15) is 53.4 Å². The topological polar surface area (TPSA) is 58.9 Å². The average Bonchev–Trinajstić information content (AvgIpc) is 2.41. The molecule has 4 nitrogen and oxygen atoms in total. The molecule has 2 unspecified atom stereocenters. The molecule has 0 spiro atoms. The highest BCUT2D eigenvalue weighted by Crippen LogP contribution is 2.09. The summed E-state index contributed by atoms with van der Waals surface area (Å²) in [5.74, 6) is 1.47. The zero-order valence-corrected chi connectivity index (χ0v) is 13.9. The summed E-state index contributed by atoms with van der Waals surface area (Å²) in [6.07, 6.45) is 5.13. The lowest BCUT2D eigenvalue weighted by molar-refractivity contribution is 0.0650. The summed E-state index contributed by atoms with van der Waals surface area (Å²) in [4.78, 5) is 0. The largest absolute Gasteiger partial charge is 0.394 e. The third-order valence-corrected chi connectivity index (χ3v) is 2.84. The zero-order valence-electron chi connectivity index (χ0n) is 13.9. The Morgan fingerprint density at radius 3 is 1.45 bits per heavy atom. The fourth-order valence-electron chi connectivity index (χ4n) is 1.85. The molecule has 0 bridgehead atoms. The molecule has 0 saturated carbocycles. The first-order valence-electron chi connectivity index (χ1n) is 7.99. The number of hydrogen-bond acceptors (Lipinski definition) is 4. The Labute approximate surface area is 125 Å². The average molecular weight is 292 g/mol. The second-order valence-corrected chi connectivity index (χ2v) is 5.38. The second kappa shape index (κ2) is 18.8. The molecule has 0 aromatic rings. The van der Waals surface area contributed by atoms with Crippen molar-refractivity contribution in [3.05, 3.63) is 0 Å². The molecule has 2 N–H and O–H groups in total. The Bertz CT molecular complexity index is 149. The van der Waals surface area contributed by atoms with Gasteiger partial charge in [-0.3, -0.25) is 0 Å². The lowest BCUT2D eigenvalue weighted by Gasteiger charge is -2.14. The van der Waals surface area contributed by atoms with Crippen LogP contribution in [0, 0.1) is 11.8 Å². The fraction of sp³-hybridized carbons (Fsp3) is 1.00. The predicted molar refractivity (Wildman–Crippen MR) is 84.0 cm³/mol. The van der Waals surface area contributed by atoms with E-state index in [0.717, 1.165) is 25.0 Å². The van der Waals surface area contributed by atoms with Crippen LogP contribution in [0.25, 0.3) is 0 Å². The van der Waals surface area contributed by atoms with Crippen molar-refractivity contribution in [3.8, 4) is 0 Å². The van der Waals surface area contributed by atoms with Crippen molar-refractivity contribution in [3.63, 3.8) is 0 Å². The summed E-state index contributed by atoms with van der Waals surface area (Å²) in [6, 6.07) is 0. The molecular formula is C16H36O4. The van der Waals surface area contributed by atoms with E-state index in [1.54, 1.807) is 0 Å². The number of aliphatic hydroxyl groups excluding tert-OH is 2.